The molecule has 7 rings (SSSR count). The highest BCUT2D eigenvalue weighted by molar-refractivity contribution is 5.99. The first-order chi connectivity index (χ1) is 21.5. The zero-order valence-corrected chi connectivity index (χ0v) is 25.4. The summed E-state index contributed by atoms with van der Waals surface area (Å²) in [5.74, 6) is 0.150. The number of hydrogen-bond donors (Lipinski definition) is 0. The van der Waals surface area contributed by atoms with Crippen molar-refractivity contribution in [3.05, 3.63) is 174 Å². The van der Waals surface area contributed by atoms with Crippen molar-refractivity contribution in [3.63, 3.8) is 0 Å². The van der Waals surface area contributed by atoms with Crippen LogP contribution in [0.2, 0.25) is 0 Å². The van der Waals surface area contributed by atoms with Gasteiger partial charge < -0.3 is 4.57 Å². The summed E-state index contributed by atoms with van der Waals surface area (Å²) >= 11 is 0. The highest BCUT2D eigenvalue weighted by Gasteiger charge is 2.45. The normalized spacial score (nSPS) is 16.6. The van der Waals surface area contributed by atoms with Crippen molar-refractivity contribution in [3.8, 4) is 0 Å². The first-order valence-corrected chi connectivity index (χ1v) is 15.5. The van der Waals surface area contributed by atoms with E-state index in [-0.39, 0.29) is 5.91 Å². The number of carbonyl (C=O) groups excluding carboxylic acids is 1. The molecule has 0 N–H and O–H groups in total. The Labute approximate surface area is 259 Å². The fourth-order valence-corrected chi connectivity index (χ4v) is 7.62. The van der Waals surface area contributed by atoms with E-state index in [1.807, 2.05) is 23.0 Å². The molecule has 4 aromatic carbocycles. The molecule has 4 nitrogen and oxygen atoms in total. The monoisotopic (exact) mass is 575 g/mol. The van der Waals surface area contributed by atoms with Gasteiger partial charge in [0.15, 0.2) is 0 Å². The maximum Gasteiger partial charge on any atom is 0.238 e. The van der Waals surface area contributed by atoms with E-state index < -0.39 is 11.0 Å². The van der Waals surface area contributed by atoms with Gasteiger partial charge in [0.2, 0.25) is 5.91 Å². The average Bonchev–Trinajstić information content (AvgIpc) is 3.57. The van der Waals surface area contributed by atoms with Crippen LogP contribution in [0.25, 0.3) is 10.9 Å². The Kier molecular flexibility index (Phi) is 6.93. The van der Waals surface area contributed by atoms with Gasteiger partial charge in [-0.3, -0.25) is 9.36 Å². The summed E-state index contributed by atoms with van der Waals surface area (Å²) in [6, 6.07) is 40.3. The van der Waals surface area contributed by atoms with E-state index in [9.17, 15) is 4.79 Å². The molecular weight excluding hydrogens is 538 g/mol. The Morgan fingerprint density at radius 1 is 0.818 bits per heavy atom. The predicted molar refractivity (Wildman–Crippen MR) is 178 cm³/mol. The lowest BCUT2D eigenvalue weighted by atomic mass is 9.72. The molecule has 0 aliphatic carbocycles. The number of hydrogen-bond acceptors (Lipinski definition) is 2. The lowest BCUT2D eigenvalue weighted by molar-refractivity contribution is 0.0647. The van der Waals surface area contributed by atoms with Crippen LogP contribution in [0.1, 0.15) is 57.0 Å². The molecule has 2 aromatic heterocycles. The van der Waals surface area contributed by atoms with E-state index in [0.717, 1.165) is 57.5 Å². The molecule has 4 heteroatoms. The molecule has 0 bridgehead atoms. The van der Waals surface area contributed by atoms with Crippen LogP contribution in [-0.2, 0) is 18.4 Å². The summed E-state index contributed by atoms with van der Waals surface area (Å²) in [5.41, 5.74) is 7.52. The lowest BCUT2D eigenvalue weighted by Gasteiger charge is -2.39. The van der Waals surface area contributed by atoms with Gasteiger partial charge in [-0.15, -0.1) is 6.58 Å². The molecule has 1 aliphatic heterocycles. The molecule has 0 fully saturated rings. The van der Waals surface area contributed by atoms with E-state index >= 15 is 0 Å². The maximum atomic E-state index is 14.6. The first kappa shape index (κ1) is 27.8. The van der Waals surface area contributed by atoms with Crippen molar-refractivity contribution >= 4 is 16.8 Å². The van der Waals surface area contributed by atoms with Crippen molar-refractivity contribution in [1.82, 2.24) is 14.1 Å². The number of allylic oxidation sites excluding steroid dienone is 1. The smallest absolute Gasteiger partial charge is 0.238 e. The van der Waals surface area contributed by atoms with Gasteiger partial charge in [-0.2, -0.15) is 0 Å². The van der Waals surface area contributed by atoms with E-state index in [0.29, 0.717) is 12.8 Å². The maximum absolute atomic E-state index is 14.6. The SMILES string of the molecule is C=CCC1(Cc2ncn(C(c3ccccc3)(c3ccccc3)c3ccccc3)c2C)CCc2c(C)c3ccccc3n2C1=O. The molecular formula is C40H37N3O. The fraction of sp³-hybridized carbons (Fsp3) is 0.200. The number of benzene rings is 4. The molecule has 218 valence electrons. The molecule has 0 radical (unpaired) electrons. The third-order valence-corrected chi connectivity index (χ3v) is 9.83. The predicted octanol–water partition coefficient (Wildman–Crippen LogP) is 8.69. The van der Waals surface area contributed by atoms with Gasteiger partial charge in [-0.05, 0) is 61.4 Å². The first-order valence-electron chi connectivity index (χ1n) is 15.5. The Hall–Kier alpha value is -4.96. The minimum absolute atomic E-state index is 0.150. The zero-order chi connectivity index (χ0) is 30.3. The molecule has 1 atom stereocenters. The second-order valence-corrected chi connectivity index (χ2v) is 12.1. The number of rotatable bonds is 8. The van der Waals surface area contributed by atoms with E-state index in [1.54, 1.807) is 0 Å². The number of aryl methyl sites for hydroxylation is 1. The molecule has 0 saturated carbocycles. The van der Waals surface area contributed by atoms with Crippen molar-refractivity contribution in [1.29, 1.82) is 0 Å². The van der Waals surface area contributed by atoms with Gasteiger partial charge in [0, 0.05) is 23.2 Å². The summed E-state index contributed by atoms with van der Waals surface area (Å²) in [4.78, 5) is 19.7. The third kappa shape index (κ3) is 4.12. The number of nitrogens with zero attached hydrogens (tertiary/aromatic N) is 3. The lowest BCUT2D eigenvalue weighted by Crippen LogP contribution is -2.42. The number of fused-ring (bicyclic) bond motifs is 3. The molecule has 0 spiro atoms. The molecule has 0 saturated heterocycles. The third-order valence-electron chi connectivity index (χ3n) is 9.83. The topological polar surface area (TPSA) is 39.8 Å². The highest BCUT2D eigenvalue weighted by atomic mass is 16.2. The van der Waals surface area contributed by atoms with Crippen LogP contribution in [0, 0.1) is 19.3 Å². The van der Waals surface area contributed by atoms with Crippen molar-refractivity contribution in [2.45, 2.75) is 45.1 Å². The van der Waals surface area contributed by atoms with Gasteiger partial charge in [-0.1, -0.05) is 115 Å². The number of para-hydroxylation sites is 1. The van der Waals surface area contributed by atoms with Crippen LogP contribution < -0.4 is 0 Å². The molecule has 1 unspecified atom stereocenters. The Morgan fingerprint density at radius 3 is 1.93 bits per heavy atom. The summed E-state index contributed by atoms with van der Waals surface area (Å²) < 4.78 is 4.31. The van der Waals surface area contributed by atoms with Crippen molar-refractivity contribution in [2.24, 2.45) is 5.41 Å². The van der Waals surface area contributed by atoms with Crippen LogP contribution >= 0.6 is 0 Å². The average molecular weight is 576 g/mol. The van der Waals surface area contributed by atoms with Crippen LogP contribution in [0.15, 0.2) is 134 Å². The second-order valence-electron chi connectivity index (χ2n) is 12.1. The zero-order valence-electron chi connectivity index (χ0n) is 25.4. The minimum Gasteiger partial charge on any atom is -0.316 e. The van der Waals surface area contributed by atoms with Crippen LogP contribution in [0.3, 0.4) is 0 Å². The summed E-state index contributed by atoms with van der Waals surface area (Å²) in [6.07, 6.45) is 6.66. The molecule has 3 heterocycles. The van der Waals surface area contributed by atoms with Gasteiger partial charge in [0.25, 0.3) is 0 Å². The minimum atomic E-state index is -0.651. The Balaban J connectivity index is 1.40. The molecule has 0 amide bonds. The standard InChI is InChI=1S/C40H37N3O/c1-4-25-39(26-24-36-29(2)34-22-14-15-23-37(34)43(36)38(39)44)27-35-30(3)42(28-41-35)40(31-16-8-5-9-17-31,32-18-10-6-11-19-32)33-20-12-7-13-21-33/h4-23,28H,1,24-27H2,2-3H3. The van der Waals surface area contributed by atoms with Gasteiger partial charge >= 0.3 is 0 Å². The second kappa shape index (κ2) is 10.9. The largest absolute Gasteiger partial charge is 0.316 e. The summed E-state index contributed by atoms with van der Waals surface area (Å²) in [5, 5.41) is 1.16. The van der Waals surface area contributed by atoms with Crippen molar-refractivity contribution in [2.75, 3.05) is 0 Å². The van der Waals surface area contributed by atoms with Crippen LogP contribution in [0.5, 0.6) is 0 Å². The van der Waals surface area contributed by atoms with Gasteiger partial charge in [-0.25, -0.2) is 4.98 Å². The quantitative estimate of drug-likeness (QED) is 0.135. The highest BCUT2D eigenvalue weighted by Crippen LogP contribution is 2.45. The van der Waals surface area contributed by atoms with E-state index in [4.69, 9.17) is 4.98 Å². The number of carbonyl (C=O) groups is 1. The summed E-state index contributed by atoms with van der Waals surface area (Å²) in [7, 11) is 0. The van der Waals surface area contributed by atoms with E-state index in [1.165, 1.54) is 5.56 Å². The van der Waals surface area contributed by atoms with Gasteiger partial charge in [0.1, 0.15) is 5.54 Å². The number of imidazole rings is 1. The van der Waals surface area contributed by atoms with Gasteiger partial charge in [0.05, 0.1) is 23.0 Å². The molecule has 6 aromatic rings. The van der Waals surface area contributed by atoms with Crippen LogP contribution in [-0.4, -0.2) is 20.0 Å². The van der Waals surface area contributed by atoms with Crippen molar-refractivity contribution < 1.29 is 4.79 Å². The fourth-order valence-electron chi connectivity index (χ4n) is 7.62. The summed E-state index contributed by atoms with van der Waals surface area (Å²) in [6.45, 7) is 8.40. The van der Waals surface area contributed by atoms with E-state index in [2.05, 4.69) is 134 Å². The Morgan fingerprint density at radius 2 is 1.36 bits per heavy atom. The Bertz CT molecular complexity index is 1870. The van der Waals surface area contributed by atoms with Crippen LogP contribution in [0.4, 0.5) is 0 Å². The molecule has 44 heavy (non-hydrogen) atoms. The number of aromatic nitrogens is 3. The molecule has 1 aliphatic rings.